The van der Waals surface area contributed by atoms with Gasteiger partial charge in [-0.3, -0.25) is 4.57 Å². The molecule has 0 aromatic rings. The quantitative estimate of drug-likeness (QED) is 0.639. The molecule has 0 N–H and O–H groups in total. The Hall–Kier alpha value is 0.01000. The van der Waals surface area contributed by atoms with E-state index in [1.807, 2.05) is 0 Å². The van der Waals surface area contributed by atoms with E-state index < -0.39 is 19.7 Å². The average Bonchev–Trinajstić information content (AvgIpc) is 2.05. The van der Waals surface area contributed by atoms with Crippen LogP contribution in [0, 0.1) is 0 Å². The summed E-state index contributed by atoms with van der Waals surface area (Å²) in [6.07, 6.45) is -0.551. The summed E-state index contributed by atoms with van der Waals surface area (Å²) < 4.78 is 46.6. The lowest BCUT2D eigenvalue weighted by Crippen LogP contribution is -2.19. The molecule has 0 atom stereocenters. The number of alkyl halides is 2. The van der Waals surface area contributed by atoms with Crippen LogP contribution in [0.25, 0.3) is 0 Å². The Morgan fingerprint density at radius 1 is 1.15 bits per heavy atom. The van der Waals surface area contributed by atoms with E-state index in [2.05, 4.69) is 9.05 Å². The zero-order valence-corrected chi connectivity index (χ0v) is 8.94. The first-order chi connectivity index (χ1) is 5.93. The highest BCUT2D eigenvalue weighted by Crippen LogP contribution is 2.63. The summed E-state index contributed by atoms with van der Waals surface area (Å²) in [6.45, 7) is 4.14. The molecule has 80 valence electrons. The molecule has 0 unspecified atom stereocenters. The average molecular weight is 216 g/mol. The van der Waals surface area contributed by atoms with Crippen molar-refractivity contribution >= 4 is 7.60 Å². The third-order valence-electron chi connectivity index (χ3n) is 1.42. The molecule has 6 heteroatoms. The second kappa shape index (κ2) is 5.03. The SMILES string of the molecule is CCOP(=O)(OCC)C(F)(F)CC. The van der Waals surface area contributed by atoms with Crippen molar-refractivity contribution in [2.75, 3.05) is 13.2 Å². The van der Waals surface area contributed by atoms with Crippen LogP contribution in [0.3, 0.4) is 0 Å². The standard InChI is InChI=1S/C7H15F2O3P/c1-4-7(8,9)13(10,11-5-2)12-6-3/h4-6H2,1-3H3. The Bertz CT molecular complexity index is 186. The maximum absolute atomic E-state index is 13.1. The molecule has 0 rings (SSSR count). The van der Waals surface area contributed by atoms with Crippen molar-refractivity contribution in [2.45, 2.75) is 32.9 Å². The van der Waals surface area contributed by atoms with Gasteiger partial charge >= 0.3 is 13.3 Å². The van der Waals surface area contributed by atoms with Gasteiger partial charge in [-0.25, -0.2) is 0 Å². The lowest BCUT2D eigenvalue weighted by atomic mass is 10.5. The topological polar surface area (TPSA) is 35.5 Å². The van der Waals surface area contributed by atoms with Gasteiger partial charge in [0.25, 0.3) is 0 Å². The highest BCUT2D eigenvalue weighted by molar-refractivity contribution is 7.55. The summed E-state index contributed by atoms with van der Waals surface area (Å²) in [5, 5.41) is 0. The van der Waals surface area contributed by atoms with Crippen molar-refractivity contribution in [1.82, 2.24) is 0 Å². The molecule has 0 aliphatic rings. The summed E-state index contributed by atoms with van der Waals surface area (Å²) in [5.74, 6) is 0. The molecule has 0 amide bonds. The first-order valence-electron chi connectivity index (χ1n) is 4.20. The van der Waals surface area contributed by atoms with Crippen LogP contribution >= 0.6 is 7.60 Å². The van der Waals surface area contributed by atoms with Crippen LogP contribution in [-0.2, 0) is 13.6 Å². The minimum atomic E-state index is -4.26. The lowest BCUT2D eigenvalue weighted by Gasteiger charge is -2.24. The lowest BCUT2D eigenvalue weighted by molar-refractivity contribution is 0.0358. The molecule has 0 radical (unpaired) electrons. The van der Waals surface area contributed by atoms with E-state index in [0.717, 1.165) is 0 Å². The number of halogens is 2. The van der Waals surface area contributed by atoms with E-state index in [-0.39, 0.29) is 13.2 Å². The molecule has 0 saturated heterocycles. The molecule has 0 aliphatic heterocycles. The summed E-state index contributed by atoms with van der Waals surface area (Å²) in [4.78, 5) is 0. The van der Waals surface area contributed by atoms with Gasteiger partial charge < -0.3 is 9.05 Å². The normalized spacial score (nSPS) is 13.3. The van der Waals surface area contributed by atoms with Gasteiger partial charge in [0.05, 0.1) is 13.2 Å². The summed E-state index contributed by atoms with van der Waals surface area (Å²) in [6, 6.07) is 0. The number of hydrogen-bond acceptors (Lipinski definition) is 3. The van der Waals surface area contributed by atoms with Gasteiger partial charge in [-0.05, 0) is 13.8 Å². The van der Waals surface area contributed by atoms with Crippen molar-refractivity contribution in [3.8, 4) is 0 Å². The smallest absolute Gasteiger partial charge is 0.305 e. The second-order valence-electron chi connectivity index (χ2n) is 2.35. The maximum Gasteiger partial charge on any atom is 0.399 e. The molecule has 0 aliphatic carbocycles. The van der Waals surface area contributed by atoms with Gasteiger partial charge in [-0.15, -0.1) is 0 Å². The van der Waals surface area contributed by atoms with Gasteiger partial charge in [0.15, 0.2) is 0 Å². The van der Waals surface area contributed by atoms with Crippen molar-refractivity contribution in [3.05, 3.63) is 0 Å². The molecule has 0 heterocycles. The van der Waals surface area contributed by atoms with E-state index >= 15 is 0 Å². The van der Waals surface area contributed by atoms with Gasteiger partial charge in [0, 0.05) is 6.42 Å². The molecular weight excluding hydrogens is 201 g/mol. The van der Waals surface area contributed by atoms with Crippen molar-refractivity contribution in [1.29, 1.82) is 0 Å². The molecular formula is C7H15F2O3P. The molecule has 0 bridgehead atoms. The summed E-state index contributed by atoms with van der Waals surface area (Å²) >= 11 is 0. The van der Waals surface area contributed by atoms with E-state index in [4.69, 9.17) is 0 Å². The Kier molecular flexibility index (Phi) is 5.04. The van der Waals surface area contributed by atoms with Gasteiger partial charge in [0.1, 0.15) is 0 Å². The van der Waals surface area contributed by atoms with E-state index in [9.17, 15) is 13.3 Å². The van der Waals surface area contributed by atoms with E-state index in [0.29, 0.717) is 0 Å². The highest BCUT2D eigenvalue weighted by Gasteiger charge is 2.51. The Morgan fingerprint density at radius 2 is 1.54 bits per heavy atom. The van der Waals surface area contributed by atoms with Crippen LogP contribution in [0.4, 0.5) is 8.78 Å². The fraction of sp³-hybridized carbons (Fsp3) is 1.00. The number of hydrogen-bond donors (Lipinski definition) is 0. The Balaban J connectivity index is 4.67. The predicted octanol–water partition coefficient (Wildman–Crippen LogP) is 3.26. The fourth-order valence-electron chi connectivity index (χ4n) is 0.760. The number of rotatable bonds is 6. The van der Waals surface area contributed by atoms with Crippen molar-refractivity contribution < 1.29 is 22.4 Å². The zero-order chi connectivity index (χ0) is 10.5. The first kappa shape index (κ1) is 13.0. The van der Waals surface area contributed by atoms with Gasteiger partial charge in [-0.1, -0.05) is 6.92 Å². The van der Waals surface area contributed by atoms with Crippen molar-refractivity contribution in [2.24, 2.45) is 0 Å². The van der Waals surface area contributed by atoms with Gasteiger partial charge in [0.2, 0.25) is 0 Å². The van der Waals surface area contributed by atoms with Crippen LogP contribution in [-0.4, -0.2) is 18.9 Å². The maximum atomic E-state index is 13.1. The summed E-state index contributed by atoms with van der Waals surface area (Å²) in [7, 11) is -4.26. The Morgan fingerprint density at radius 3 is 1.77 bits per heavy atom. The van der Waals surface area contributed by atoms with Crippen LogP contribution in [0.15, 0.2) is 0 Å². The third kappa shape index (κ3) is 3.01. The van der Waals surface area contributed by atoms with E-state index in [1.165, 1.54) is 20.8 Å². The minimum Gasteiger partial charge on any atom is -0.305 e. The molecule has 3 nitrogen and oxygen atoms in total. The molecule has 0 aromatic heterocycles. The molecule has 13 heavy (non-hydrogen) atoms. The Labute approximate surface area is 77.0 Å². The van der Waals surface area contributed by atoms with Gasteiger partial charge in [-0.2, -0.15) is 8.78 Å². The second-order valence-corrected chi connectivity index (χ2v) is 4.52. The molecule has 0 fully saturated rings. The third-order valence-corrected chi connectivity index (χ3v) is 3.74. The predicted molar refractivity (Wildman–Crippen MR) is 46.1 cm³/mol. The van der Waals surface area contributed by atoms with Crippen LogP contribution in [0.1, 0.15) is 27.2 Å². The van der Waals surface area contributed by atoms with Crippen LogP contribution < -0.4 is 0 Å². The summed E-state index contributed by atoms with van der Waals surface area (Å²) in [5.41, 5.74) is -3.39. The fourth-order valence-corrected chi connectivity index (χ4v) is 2.28. The molecule has 0 saturated carbocycles. The monoisotopic (exact) mass is 216 g/mol. The first-order valence-corrected chi connectivity index (χ1v) is 5.74. The minimum absolute atomic E-state index is 0.0487. The molecule has 0 spiro atoms. The largest absolute Gasteiger partial charge is 0.399 e. The van der Waals surface area contributed by atoms with Crippen molar-refractivity contribution in [3.63, 3.8) is 0 Å². The zero-order valence-electron chi connectivity index (χ0n) is 8.05. The highest BCUT2D eigenvalue weighted by atomic mass is 31.2. The molecule has 0 aromatic carbocycles. The van der Waals surface area contributed by atoms with E-state index in [1.54, 1.807) is 0 Å². The van der Waals surface area contributed by atoms with Crippen LogP contribution in [0.2, 0.25) is 0 Å². The van der Waals surface area contributed by atoms with Crippen LogP contribution in [0.5, 0.6) is 0 Å².